The maximum Gasteiger partial charge on any atom is 0.250 e. The molecule has 9 heteroatoms. The molecule has 3 aliphatic heterocycles. The van der Waals surface area contributed by atoms with Crippen LogP contribution in [0.2, 0.25) is 0 Å². The summed E-state index contributed by atoms with van der Waals surface area (Å²) in [5.74, 6) is 1.27. The summed E-state index contributed by atoms with van der Waals surface area (Å²) in [5, 5.41) is 2.93. The van der Waals surface area contributed by atoms with Crippen molar-refractivity contribution in [3.8, 4) is 11.5 Å². The number of carbonyl (C=O) groups is 3. The number of rotatable bonds is 9. The van der Waals surface area contributed by atoms with Crippen LogP contribution in [0, 0.1) is 0 Å². The Labute approximate surface area is 223 Å². The van der Waals surface area contributed by atoms with E-state index in [0.29, 0.717) is 57.1 Å². The van der Waals surface area contributed by atoms with E-state index < -0.39 is 5.54 Å². The fourth-order valence-electron chi connectivity index (χ4n) is 5.61. The van der Waals surface area contributed by atoms with Gasteiger partial charge in [-0.25, -0.2) is 0 Å². The molecule has 1 spiro atoms. The van der Waals surface area contributed by atoms with Crippen molar-refractivity contribution >= 4 is 23.4 Å². The van der Waals surface area contributed by atoms with Gasteiger partial charge in [-0.15, -0.1) is 0 Å². The van der Waals surface area contributed by atoms with Gasteiger partial charge < -0.3 is 29.5 Å². The Balaban J connectivity index is 1.24. The molecule has 3 amide bonds. The third-order valence-electron chi connectivity index (χ3n) is 7.78. The van der Waals surface area contributed by atoms with Crippen molar-refractivity contribution < 1.29 is 23.9 Å². The molecule has 0 bridgehead atoms. The van der Waals surface area contributed by atoms with Crippen molar-refractivity contribution in [1.29, 1.82) is 0 Å². The summed E-state index contributed by atoms with van der Waals surface area (Å²) in [5.41, 5.74) is 1.10. The lowest BCUT2D eigenvalue weighted by Gasteiger charge is -2.43. The van der Waals surface area contributed by atoms with Gasteiger partial charge in [-0.05, 0) is 49.1 Å². The summed E-state index contributed by atoms with van der Waals surface area (Å²) in [6.45, 7) is 4.07. The molecule has 0 radical (unpaired) electrons. The van der Waals surface area contributed by atoms with Crippen molar-refractivity contribution in [3.05, 3.63) is 54.1 Å². The second-order valence-electron chi connectivity index (χ2n) is 10.2. The number of para-hydroxylation sites is 1. The number of hydrogen-bond donors (Lipinski definition) is 1. The van der Waals surface area contributed by atoms with E-state index in [9.17, 15) is 14.4 Å². The molecule has 3 aliphatic rings. The van der Waals surface area contributed by atoms with Crippen molar-refractivity contribution in [2.45, 2.75) is 57.5 Å². The summed E-state index contributed by atoms with van der Waals surface area (Å²) in [6, 6.07) is 15.4. The predicted molar refractivity (Wildman–Crippen MR) is 143 cm³/mol. The SMILES string of the molecule is CCCCCC(=O)N1CCC2(CC1)C(=O)N(CC(=O)NCc1ccc3c(c1)OCO3)CN2c1ccccc1. The Morgan fingerprint density at radius 3 is 2.53 bits per heavy atom. The van der Waals surface area contributed by atoms with Gasteiger partial charge in [0.15, 0.2) is 11.5 Å². The number of unbranched alkanes of at least 4 members (excludes halogenated alkanes) is 2. The van der Waals surface area contributed by atoms with Crippen molar-refractivity contribution in [3.63, 3.8) is 0 Å². The van der Waals surface area contributed by atoms with Gasteiger partial charge in [-0.3, -0.25) is 14.4 Å². The molecule has 5 rings (SSSR count). The molecular weight excluding hydrogens is 484 g/mol. The lowest BCUT2D eigenvalue weighted by atomic mass is 9.85. The lowest BCUT2D eigenvalue weighted by Crippen LogP contribution is -2.57. The second-order valence-corrected chi connectivity index (χ2v) is 10.2. The van der Waals surface area contributed by atoms with E-state index in [-0.39, 0.29) is 31.1 Å². The minimum atomic E-state index is -0.751. The standard InChI is InChI=1S/C29H36N4O5/c1-2-3-5-10-27(35)31-15-13-29(14-16-31)28(36)32(20-33(29)23-8-6-4-7-9-23)19-26(34)30-18-22-11-12-24-25(17-22)38-21-37-24/h4,6-9,11-12,17H,2-3,5,10,13-16,18-21H2,1H3,(H,30,34). The predicted octanol–water partition coefficient (Wildman–Crippen LogP) is 3.28. The van der Waals surface area contributed by atoms with Gasteiger partial charge in [0.25, 0.3) is 5.91 Å². The molecule has 0 saturated carbocycles. The number of carbonyl (C=O) groups excluding carboxylic acids is 3. The van der Waals surface area contributed by atoms with Crippen molar-refractivity contribution in [1.82, 2.24) is 15.1 Å². The van der Waals surface area contributed by atoms with Gasteiger partial charge in [0, 0.05) is 31.7 Å². The van der Waals surface area contributed by atoms with Crippen LogP contribution in [0.25, 0.3) is 0 Å². The molecule has 0 unspecified atom stereocenters. The van der Waals surface area contributed by atoms with Gasteiger partial charge in [-0.2, -0.15) is 0 Å². The van der Waals surface area contributed by atoms with E-state index in [4.69, 9.17) is 9.47 Å². The summed E-state index contributed by atoms with van der Waals surface area (Å²) in [6.07, 6.45) is 4.70. The first-order valence-corrected chi connectivity index (χ1v) is 13.6. The molecule has 0 aromatic heterocycles. The number of piperidine rings is 1. The number of hydrogen-bond acceptors (Lipinski definition) is 6. The van der Waals surface area contributed by atoms with Crippen LogP contribution in [-0.4, -0.2) is 66.2 Å². The summed E-state index contributed by atoms with van der Waals surface area (Å²) in [7, 11) is 0. The fourth-order valence-corrected chi connectivity index (χ4v) is 5.61. The van der Waals surface area contributed by atoms with E-state index in [1.807, 2.05) is 53.4 Å². The number of benzene rings is 2. The normalized spacial score (nSPS) is 17.8. The Bertz CT molecular complexity index is 1160. The van der Waals surface area contributed by atoms with Gasteiger partial charge in [-0.1, -0.05) is 44.0 Å². The average Bonchev–Trinajstić information content (AvgIpc) is 3.51. The van der Waals surface area contributed by atoms with E-state index in [1.165, 1.54) is 0 Å². The van der Waals surface area contributed by atoms with Gasteiger partial charge in [0.1, 0.15) is 12.1 Å². The van der Waals surface area contributed by atoms with E-state index in [1.54, 1.807) is 4.90 Å². The zero-order chi connectivity index (χ0) is 26.5. The third kappa shape index (κ3) is 5.28. The lowest BCUT2D eigenvalue weighted by molar-refractivity contribution is -0.140. The average molecular weight is 521 g/mol. The van der Waals surface area contributed by atoms with E-state index >= 15 is 0 Å². The van der Waals surface area contributed by atoms with Crippen LogP contribution in [0.15, 0.2) is 48.5 Å². The number of nitrogens with one attached hydrogen (secondary N) is 1. The molecule has 38 heavy (non-hydrogen) atoms. The van der Waals surface area contributed by atoms with Crippen LogP contribution in [0.5, 0.6) is 11.5 Å². The molecule has 0 atom stereocenters. The minimum Gasteiger partial charge on any atom is -0.454 e. The summed E-state index contributed by atoms with van der Waals surface area (Å²) >= 11 is 0. The minimum absolute atomic E-state index is 0.0197. The van der Waals surface area contributed by atoms with Gasteiger partial charge in [0.2, 0.25) is 18.6 Å². The van der Waals surface area contributed by atoms with Crippen LogP contribution in [-0.2, 0) is 20.9 Å². The smallest absolute Gasteiger partial charge is 0.250 e. The Morgan fingerprint density at radius 2 is 1.76 bits per heavy atom. The highest BCUT2D eigenvalue weighted by Gasteiger charge is 2.54. The van der Waals surface area contributed by atoms with Crippen LogP contribution in [0.4, 0.5) is 5.69 Å². The largest absolute Gasteiger partial charge is 0.454 e. The zero-order valence-corrected chi connectivity index (χ0v) is 22.0. The fraction of sp³-hybridized carbons (Fsp3) is 0.483. The first kappa shape index (κ1) is 25.9. The highest BCUT2D eigenvalue weighted by molar-refractivity contribution is 5.96. The third-order valence-corrected chi connectivity index (χ3v) is 7.78. The van der Waals surface area contributed by atoms with Crippen molar-refractivity contribution in [2.75, 3.05) is 38.0 Å². The van der Waals surface area contributed by atoms with E-state index in [0.717, 1.165) is 30.5 Å². The molecular formula is C29H36N4O5. The zero-order valence-electron chi connectivity index (χ0n) is 22.0. The number of amides is 3. The molecule has 2 aromatic rings. The van der Waals surface area contributed by atoms with Crippen LogP contribution < -0.4 is 19.7 Å². The number of ether oxygens (including phenoxy) is 2. The van der Waals surface area contributed by atoms with Crippen LogP contribution >= 0.6 is 0 Å². The number of likely N-dealkylation sites (tertiary alicyclic amines) is 1. The van der Waals surface area contributed by atoms with Gasteiger partial charge in [0.05, 0.1) is 6.67 Å². The molecule has 3 heterocycles. The molecule has 0 aliphatic carbocycles. The number of anilines is 1. The first-order chi connectivity index (χ1) is 18.5. The molecule has 202 valence electrons. The topological polar surface area (TPSA) is 91.4 Å². The van der Waals surface area contributed by atoms with Crippen LogP contribution in [0.1, 0.15) is 51.0 Å². The maximum absolute atomic E-state index is 13.9. The first-order valence-electron chi connectivity index (χ1n) is 13.6. The van der Waals surface area contributed by atoms with Crippen LogP contribution in [0.3, 0.4) is 0 Å². The molecule has 9 nitrogen and oxygen atoms in total. The summed E-state index contributed by atoms with van der Waals surface area (Å²) < 4.78 is 10.8. The van der Waals surface area contributed by atoms with Crippen molar-refractivity contribution in [2.24, 2.45) is 0 Å². The second kappa shape index (κ2) is 11.3. The molecule has 2 saturated heterocycles. The van der Waals surface area contributed by atoms with E-state index in [2.05, 4.69) is 17.1 Å². The van der Waals surface area contributed by atoms with Gasteiger partial charge >= 0.3 is 0 Å². The highest BCUT2D eigenvalue weighted by Crippen LogP contribution is 2.39. The summed E-state index contributed by atoms with van der Waals surface area (Å²) in [4.78, 5) is 45.1. The Morgan fingerprint density at radius 1 is 1.00 bits per heavy atom. The molecule has 2 aromatic carbocycles. The highest BCUT2D eigenvalue weighted by atomic mass is 16.7. The maximum atomic E-state index is 13.9. The Kier molecular flexibility index (Phi) is 7.72. The Hall–Kier alpha value is -3.75. The molecule has 2 fully saturated rings. The quantitative estimate of drug-likeness (QED) is 0.511. The monoisotopic (exact) mass is 520 g/mol. The number of fused-ring (bicyclic) bond motifs is 1. The number of nitrogens with zero attached hydrogens (tertiary/aromatic N) is 3. The molecule has 1 N–H and O–H groups in total.